The van der Waals surface area contributed by atoms with Gasteiger partial charge in [0.15, 0.2) is 0 Å². The van der Waals surface area contributed by atoms with Crippen LogP contribution in [0, 0.1) is 6.92 Å². The van der Waals surface area contributed by atoms with Crippen molar-refractivity contribution in [3.05, 3.63) is 52.1 Å². The van der Waals surface area contributed by atoms with Crippen molar-refractivity contribution < 1.29 is 8.42 Å². The molecular formula is C13H14BrN3O2S. The number of nitrogen functional groups attached to an aromatic ring is 1. The molecule has 0 bridgehead atoms. The van der Waals surface area contributed by atoms with Crippen molar-refractivity contribution in [1.82, 2.24) is 4.98 Å². The molecule has 2 aromatic rings. The summed E-state index contributed by atoms with van der Waals surface area (Å²) in [5.41, 5.74) is 7.52. The van der Waals surface area contributed by atoms with E-state index >= 15 is 0 Å². The Hall–Kier alpha value is -1.60. The maximum absolute atomic E-state index is 12.1. The van der Waals surface area contributed by atoms with Crippen LogP contribution in [0.25, 0.3) is 0 Å². The Kier molecular flexibility index (Phi) is 4.29. The van der Waals surface area contributed by atoms with E-state index in [9.17, 15) is 8.42 Å². The summed E-state index contributed by atoms with van der Waals surface area (Å²) < 4.78 is 27.4. The van der Waals surface area contributed by atoms with Crippen LogP contribution in [0.15, 0.2) is 40.9 Å². The molecule has 7 heteroatoms. The van der Waals surface area contributed by atoms with E-state index in [2.05, 4.69) is 25.6 Å². The molecule has 0 unspecified atom stereocenters. The number of nitrogens with two attached hydrogens (primary N) is 1. The van der Waals surface area contributed by atoms with Gasteiger partial charge >= 0.3 is 0 Å². The van der Waals surface area contributed by atoms with E-state index in [1.54, 1.807) is 43.3 Å². The largest absolute Gasteiger partial charge is 0.399 e. The first kappa shape index (κ1) is 14.8. The Bertz CT molecular complexity index is 732. The third-order valence-electron chi connectivity index (χ3n) is 2.59. The zero-order chi connectivity index (χ0) is 14.8. The molecule has 1 heterocycles. The third-order valence-corrected chi connectivity index (χ3v) is 4.66. The number of aromatic nitrogens is 1. The minimum absolute atomic E-state index is 0.144. The second kappa shape index (κ2) is 5.80. The second-order valence-corrected chi connectivity index (χ2v) is 6.95. The molecule has 106 valence electrons. The normalized spacial score (nSPS) is 11.3. The molecule has 3 N–H and O–H groups in total. The number of benzene rings is 1. The Morgan fingerprint density at radius 2 is 2.05 bits per heavy atom. The number of rotatable bonds is 4. The summed E-state index contributed by atoms with van der Waals surface area (Å²) in [5, 5.41) is 0. The van der Waals surface area contributed by atoms with Crippen LogP contribution < -0.4 is 10.5 Å². The van der Waals surface area contributed by atoms with E-state index < -0.39 is 10.0 Å². The average molecular weight is 356 g/mol. The van der Waals surface area contributed by atoms with Gasteiger partial charge in [0.25, 0.3) is 0 Å². The summed E-state index contributed by atoms with van der Waals surface area (Å²) in [6.07, 6.45) is 0. The van der Waals surface area contributed by atoms with E-state index in [-0.39, 0.29) is 5.75 Å². The van der Waals surface area contributed by atoms with E-state index in [1.807, 2.05) is 0 Å². The molecule has 0 atom stereocenters. The van der Waals surface area contributed by atoms with Crippen molar-refractivity contribution in [3.8, 4) is 0 Å². The number of pyridine rings is 1. The van der Waals surface area contributed by atoms with E-state index in [0.29, 0.717) is 22.8 Å². The highest BCUT2D eigenvalue weighted by molar-refractivity contribution is 9.10. The van der Waals surface area contributed by atoms with Gasteiger partial charge in [-0.2, -0.15) is 0 Å². The summed E-state index contributed by atoms with van der Waals surface area (Å²) in [6.45, 7) is 1.79. The highest BCUT2D eigenvalue weighted by atomic mass is 79.9. The molecule has 0 fully saturated rings. The molecule has 5 nitrogen and oxygen atoms in total. The number of halogens is 1. The molecule has 1 aromatic heterocycles. The van der Waals surface area contributed by atoms with E-state index in [4.69, 9.17) is 5.73 Å². The van der Waals surface area contributed by atoms with E-state index in [1.165, 1.54) is 0 Å². The lowest BCUT2D eigenvalue weighted by Crippen LogP contribution is -2.16. The molecule has 0 saturated carbocycles. The molecule has 0 radical (unpaired) electrons. The minimum Gasteiger partial charge on any atom is -0.399 e. The van der Waals surface area contributed by atoms with Crippen LogP contribution in [-0.4, -0.2) is 13.4 Å². The van der Waals surface area contributed by atoms with Gasteiger partial charge in [-0.25, -0.2) is 13.4 Å². The first-order valence-corrected chi connectivity index (χ1v) is 8.28. The molecule has 1 aromatic carbocycles. The molecule has 2 rings (SSSR count). The van der Waals surface area contributed by atoms with Gasteiger partial charge in [0.2, 0.25) is 10.0 Å². The maximum atomic E-state index is 12.1. The van der Waals surface area contributed by atoms with Gasteiger partial charge < -0.3 is 5.73 Å². The van der Waals surface area contributed by atoms with Crippen molar-refractivity contribution in [1.29, 1.82) is 0 Å². The maximum Gasteiger partial charge on any atom is 0.238 e. The molecule has 0 spiro atoms. The topological polar surface area (TPSA) is 85.1 Å². The monoisotopic (exact) mass is 355 g/mol. The Morgan fingerprint density at radius 3 is 2.70 bits per heavy atom. The standard InChI is InChI=1S/C13H14BrN3O2S/c1-9-12(14)5-6-13(16-9)17-20(18,19)8-10-3-2-4-11(15)7-10/h2-7H,8,15H2,1H3,(H,16,17). The van der Waals surface area contributed by atoms with Gasteiger partial charge in [0.05, 0.1) is 11.4 Å². The minimum atomic E-state index is -3.52. The van der Waals surface area contributed by atoms with Gasteiger partial charge in [-0.3, -0.25) is 4.72 Å². The molecule has 0 aliphatic heterocycles. The van der Waals surface area contributed by atoms with E-state index in [0.717, 1.165) is 4.47 Å². The number of nitrogens with zero attached hydrogens (tertiary/aromatic N) is 1. The highest BCUT2D eigenvalue weighted by Gasteiger charge is 2.13. The van der Waals surface area contributed by atoms with Crippen LogP contribution in [0.5, 0.6) is 0 Å². The molecule has 0 saturated heterocycles. The third kappa shape index (κ3) is 3.94. The molecule has 0 aliphatic carbocycles. The predicted octanol–water partition coefficient (Wildman–Crippen LogP) is 2.68. The molecule has 20 heavy (non-hydrogen) atoms. The first-order valence-electron chi connectivity index (χ1n) is 5.84. The van der Waals surface area contributed by atoms with Crippen molar-refractivity contribution in [2.75, 3.05) is 10.5 Å². The number of anilines is 2. The van der Waals surface area contributed by atoms with Gasteiger partial charge in [0.1, 0.15) is 5.82 Å². The fraction of sp³-hybridized carbons (Fsp3) is 0.154. The number of hydrogen-bond acceptors (Lipinski definition) is 4. The first-order chi connectivity index (χ1) is 9.35. The van der Waals surface area contributed by atoms with Gasteiger partial charge in [0, 0.05) is 10.2 Å². The van der Waals surface area contributed by atoms with Crippen LogP contribution in [0.4, 0.5) is 11.5 Å². The zero-order valence-electron chi connectivity index (χ0n) is 10.8. The summed E-state index contributed by atoms with van der Waals surface area (Å²) in [5.74, 6) is 0.157. The van der Waals surface area contributed by atoms with Gasteiger partial charge in [-0.15, -0.1) is 0 Å². The molecule has 0 amide bonds. The van der Waals surface area contributed by atoms with Crippen molar-refractivity contribution in [2.45, 2.75) is 12.7 Å². The van der Waals surface area contributed by atoms with Crippen molar-refractivity contribution in [2.24, 2.45) is 0 Å². The number of aryl methyl sites for hydroxylation is 1. The van der Waals surface area contributed by atoms with Crippen molar-refractivity contribution >= 4 is 37.5 Å². The van der Waals surface area contributed by atoms with Gasteiger partial charge in [-0.05, 0) is 52.7 Å². The Labute approximate surface area is 126 Å². The summed E-state index contributed by atoms with van der Waals surface area (Å²) in [6, 6.07) is 10.1. The van der Waals surface area contributed by atoms with Crippen molar-refractivity contribution in [3.63, 3.8) is 0 Å². The lowest BCUT2D eigenvalue weighted by Gasteiger charge is -2.09. The lowest BCUT2D eigenvalue weighted by atomic mass is 10.2. The lowest BCUT2D eigenvalue weighted by molar-refractivity contribution is 0.600. The van der Waals surface area contributed by atoms with Crippen LogP contribution in [0.1, 0.15) is 11.3 Å². The van der Waals surface area contributed by atoms with Crippen LogP contribution in [0.3, 0.4) is 0 Å². The number of sulfonamides is 1. The second-order valence-electron chi connectivity index (χ2n) is 4.37. The van der Waals surface area contributed by atoms with Crippen LogP contribution in [-0.2, 0) is 15.8 Å². The zero-order valence-corrected chi connectivity index (χ0v) is 13.2. The summed E-state index contributed by atoms with van der Waals surface area (Å²) >= 11 is 3.32. The highest BCUT2D eigenvalue weighted by Crippen LogP contribution is 2.18. The smallest absolute Gasteiger partial charge is 0.238 e. The SMILES string of the molecule is Cc1nc(NS(=O)(=O)Cc2cccc(N)c2)ccc1Br. The predicted molar refractivity (Wildman–Crippen MR) is 83.8 cm³/mol. The average Bonchev–Trinajstić information content (AvgIpc) is 2.33. The Balaban J connectivity index is 2.17. The summed E-state index contributed by atoms with van der Waals surface area (Å²) in [7, 11) is -3.52. The van der Waals surface area contributed by atoms with Gasteiger partial charge in [-0.1, -0.05) is 12.1 Å². The molecule has 0 aliphatic rings. The fourth-order valence-electron chi connectivity index (χ4n) is 1.70. The Morgan fingerprint density at radius 1 is 1.30 bits per heavy atom. The quantitative estimate of drug-likeness (QED) is 0.825. The van der Waals surface area contributed by atoms with Crippen LogP contribution >= 0.6 is 15.9 Å². The number of hydrogen-bond donors (Lipinski definition) is 2. The van der Waals surface area contributed by atoms with Crippen LogP contribution in [0.2, 0.25) is 0 Å². The summed E-state index contributed by atoms with van der Waals surface area (Å²) in [4.78, 5) is 4.16. The molecular weight excluding hydrogens is 342 g/mol. The number of nitrogens with one attached hydrogen (secondary N) is 1. The fourth-order valence-corrected chi connectivity index (χ4v) is 3.04.